The van der Waals surface area contributed by atoms with E-state index in [1.54, 1.807) is 6.08 Å². The summed E-state index contributed by atoms with van der Waals surface area (Å²) in [6.45, 7) is 2.93. The Bertz CT molecular complexity index is 315. The Kier molecular flexibility index (Phi) is 7.93. The van der Waals surface area contributed by atoms with Crippen molar-refractivity contribution in [3.8, 4) is 0 Å². The normalized spacial score (nSPS) is 11.1. The molecule has 0 radical (unpaired) electrons. The molecule has 0 aliphatic rings. The second-order valence-electron chi connectivity index (χ2n) is 3.99. The molecule has 0 saturated heterocycles. The molecule has 0 N–H and O–H groups in total. The average molecular weight is 240 g/mol. The van der Waals surface area contributed by atoms with Crippen LogP contribution in [0.15, 0.2) is 11.6 Å². The van der Waals surface area contributed by atoms with Gasteiger partial charge in [0.25, 0.3) is 0 Å². The van der Waals surface area contributed by atoms with E-state index in [2.05, 4.69) is 4.74 Å². The van der Waals surface area contributed by atoms with Gasteiger partial charge in [0.05, 0.1) is 7.11 Å². The van der Waals surface area contributed by atoms with E-state index in [-0.39, 0.29) is 24.0 Å². The van der Waals surface area contributed by atoms with Gasteiger partial charge in [-0.3, -0.25) is 14.4 Å². The molecule has 0 bridgehead atoms. The Labute approximate surface area is 102 Å². The van der Waals surface area contributed by atoms with Crippen LogP contribution < -0.4 is 0 Å². The number of methoxy groups -OCH3 is 1. The van der Waals surface area contributed by atoms with E-state index in [1.165, 1.54) is 21.0 Å². The Balaban J connectivity index is 3.97. The molecule has 4 nitrogen and oxygen atoms in total. The maximum atomic E-state index is 11.2. The van der Waals surface area contributed by atoms with Crippen LogP contribution in [0.3, 0.4) is 0 Å². The van der Waals surface area contributed by atoms with Gasteiger partial charge < -0.3 is 4.74 Å². The number of carbonyl (C=O) groups excluding carboxylic acids is 3. The van der Waals surface area contributed by atoms with Crippen molar-refractivity contribution in [1.29, 1.82) is 0 Å². The van der Waals surface area contributed by atoms with Crippen molar-refractivity contribution in [2.45, 2.75) is 46.0 Å². The minimum absolute atomic E-state index is 0.0130. The van der Waals surface area contributed by atoms with Gasteiger partial charge in [0.2, 0.25) is 0 Å². The number of allylic oxidation sites excluding steroid dienone is 2. The highest BCUT2D eigenvalue weighted by atomic mass is 16.5. The molecule has 0 saturated carbocycles. The summed E-state index contributed by atoms with van der Waals surface area (Å²) in [5, 5.41) is 0. The van der Waals surface area contributed by atoms with Crippen molar-refractivity contribution in [2.24, 2.45) is 0 Å². The second kappa shape index (κ2) is 8.67. The minimum Gasteiger partial charge on any atom is -0.469 e. The van der Waals surface area contributed by atoms with Gasteiger partial charge in [0.15, 0.2) is 5.78 Å². The number of Topliss-reactive ketones (excluding diaryl/α,β-unsaturated/α-hetero) is 2. The van der Waals surface area contributed by atoms with Crippen molar-refractivity contribution in [1.82, 2.24) is 0 Å². The third-order valence-corrected chi connectivity index (χ3v) is 2.35. The molecule has 0 spiro atoms. The predicted molar refractivity (Wildman–Crippen MR) is 64.5 cm³/mol. The topological polar surface area (TPSA) is 60.4 Å². The van der Waals surface area contributed by atoms with Crippen molar-refractivity contribution in [2.75, 3.05) is 7.11 Å². The quantitative estimate of drug-likeness (QED) is 0.371. The van der Waals surface area contributed by atoms with Crippen LogP contribution >= 0.6 is 0 Å². The molecule has 17 heavy (non-hydrogen) atoms. The van der Waals surface area contributed by atoms with Crippen LogP contribution in [0.4, 0.5) is 0 Å². The van der Waals surface area contributed by atoms with E-state index in [0.29, 0.717) is 18.4 Å². The Morgan fingerprint density at radius 2 is 1.76 bits per heavy atom. The average Bonchev–Trinajstić information content (AvgIpc) is 2.25. The SMILES string of the molecule is COC(=O)CCCC/C=C(\CC(C)=O)C(C)=O. The second-order valence-corrected chi connectivity index (χ2v) is 3.99. The van der Waals surface area contributed by atoms with Gasteiger partial charge in [-0.05, 0) is 38.7 Å². The van der Waals surface area contributed by atoms with E-state index in [4.69, 9.17) is 0 Å². The number of ether oxygens (including phenoxy) is 1. The van der Waals surface area contributed by atoms with Gasteiger partial charge in [-0.15, -0.1) is 0 Å². The van der Waals surface area contributed by atoms with E-state index < -0.39 is 0 Å². The van der Waals surface area contributed by atoms with Crippen LogP contribution in [0, 0.1) is 0 Å². The third-order valence-electron chi connectivity index (χ3n) is 2.35. The molecule has 0 aromatic heterocycles. The van der Waals surface area contributed by atoms with Gasteiger partial charge in [0.1, 0.15) is 5.78 Å². The van der Waals surface area contributed by atoms with Crippen LogP contribution in [0.5, 0.6) is 0 Å². The zero-order valence-corrected chi connectivity index (χ0v) is 10.7. The van der Waals surface area contributed by atoms with Crippen molar-refractivity contribution >= 4 is 17.5 Å². The fourth-order valence-electron chi connectivity index (χ4n) is 1.40. The zero-order valence-electron chi connectivity index (χ0n) is 10.7. The summed E-state index contributed by atoms with van der Waals surface area (Å²) in [7, 11) is 1.36. The molecule has 0 fully saturated rings. The van der Waals surface area contributed by atoms with E-state index in [9.17, 15) is 14.4 Å². The molecule has 96 valence electrons. The summed E-state index contributed by atoms with van der Waals surface area (Å²) in [6.07, 6.45) is 4.64. The summed E-state index contributed by atoms with van der Waals surface area (Å²) in [5.74, 6) is -0.293. The smallest absolute Gasteiger partial charge is 0.305 e. The van der Waals surface area contributed by atoms with E-state index in [1.807, 2.05) is 0 Å². The lowest BCUT2D eigenvalue weighted by Gasteiger charge is -2.01. The van der Waals surface area contributed by atoms with Gasteiger partial charge in [-0.25, -0.2) is 0 Å². The van der Waals surface area contributed by atoms with Crippen LogP contribution in [0.25, 0.3) is 0 Å². The molecule has 0 aliphatic heterocycles. The molecular formula is C13H20O4. The van der Waals surface area contributed by atoms with Gasteiger partial charge in [-0.1, -0.05) is 6.08 Å². The fourth-order valence-corrected chi connectivity index (χ4v) is 1.40. The van der Waals surface area contributed by atoms with Crippen molar-refractivity contribution < 1.29 is 19.1 Å². The van der Waals surface area contributed by atoms with Gasteiger partial charge in [-0.2, -0.15) is 0 Å². The fraction of sp³-hybridized carbons (Fsp3) is 0.615. The predicted octanol–water partition coefficient (Wildman–Crippen LogP) is 2.21. The molecule has 0 heterocycles. The Hall–Kier alpha value is -1.45. The molecule has 0 amide bonds. The first-order valence-corrected chi connectivity index (χ1v) is 5.73. The monoisotopic (exact) mass is 240 g/mol. The van der Waals surface area contributed by atoms with Crippen LogP contribution in [0.2, 0.25) is 0 Å². The highest BCUT2D eigenvalue weighted by Crippen LogP contribution is 2.09. The molecule has 0 unspecified atom stereocenters. The summed E-state index contributed by atoms with van der Waals surface area (Å²) >= 11 is 0. The molecule has 4 heteroatoms. The number of esters is 1. The Morgan fingerprint density at radius 1 is 1.12 bits per heavy atom. The number of hydrogen-bond acceptors (Lipinski definition) is 4. The lowest BCUT2D eigenvalue weighted by molar-refractivity contribution is -0.140. The maximum Gasteiger partial charge on any atom is 0.305 e. The number of rotatable bonds is 8. The summed E-state index contributed by atoms with van der Waals surface area (Å²) in [6, 6.07) is 0. The lowest BCUT2D eigenvalue weighted by atomic mass is 10.0. The standard InChI is InChI=1S/C13H20O4/c1-10(14)9-12(11(2)15)7-5-4-6-8-13(16)17-3/h7H,4-6,8-9H2,1-3H3/b12-7+. The number of hydrogen-bond donors (Lipinski definition) is 0. The first-order valence-electron chi connectivity index (χ1n) is 5.73. The van der Waals surface area contributed by atoms with Crippen LogP contribution in [0.1, 0.15) is 46.0 Å². The minimum atomic E-state index is -0.218. The summed E-state index contributed by atoms with van der Waals surface area (Å²) in [4.78, 5) is 33.0. The van der Waals surface area contributed by atoms with E-state index >= 15 is 0 Å². The largest absolute Gasteiger partial charge is 0.469 e. The van der Waals surface area contributed by atoms with Crippen molar-refractivity contribution in [3.05, 3.63) is 11.6 Å². The first-order chi connectivity index (χ1) is 7.97. The number of unbranched alkanes of at least 4 members (excludes halogenated alkanes) is 2. The number of ketones is 2. The Morgan fingerprint density at radius 3 is 2.24 bits per heavy atom. The zero-order chi connectivity index (χ0) is 13.3. The molecule has 0 aromatic rings. The highest BCUT2D eigenvalue weighted by molar-refractivity contribution is 5.98. The molecule has 0 aliphatic carbocycles. The first kappa shape index (κ1) is 15.6. The summed E-state index contributed by atoms with van der Waals surface area (Å²) < 4.78 is 4.52. The van der Waals surface area contributed by atoms with Crippen molar-refractivity contribution in [3.63, 3.8) is 0 Å². The number of carbonyl (C=O) groups is 3. The van der Waals surface area contributed by atoms with Gasteiger partial charge in [0, 0.05) is 12.8 Å². The summed E-state index contributed by atoms with van der Waals surface area (Å²) in [5.41, 5.74) is 0.565. The maximum absolute atomic E-state index is 11.2. The van der Waals surface area contributed by atoms with Crippen LogP contribution in [-0.2, 0) is 19.1 Å². The third kappa shape index (κ3) is 8.37. The lowest BCUT2D eigenvalue weighted by Crippen LogP contribution is -2.02. The molecule has 0 aromatic carbocycles. The van der Waals surface area contributed by atoms with Crippen LogP contribution in [-0.4, -0.2) is 24.6 Å². The molecular weight excluding hydrogens is 220 g/mol. The highest BCUT2D eigenvalue weighted by Gasteiger charge is 2.06. The molecule has 0 atom stereocenters. The van der Waals surface area contributed by atoms with E-state index in [0.717, 1.165) is 12.8 Å². The van der Waals surface area contributed by atoms with Gasteiger partial charge >= 0.3 is 5.97 Å². The molecule has 0 rings (SSSR count).